The van der Waals surface area contributed by atoms with Crippen molar-refractivity contribution in [2.24, 2.45) is 15.3 Å². The fraction of sp³-hybridized carbons (Fsp3) is 0.100. The Kier molecular flexibility index (Phi) is 8.30. The van der Waals surface area contributed by atoms with E-state index in [4.69, 9.17) is 23.2 Å². The summed E-state index contributed by atoms with van der Waals surface area (Å²) in [6.45, 7) is 1.47. The topological polar surface area (TPSA) is 166 Å². The normalized spacial score (nSPS) is 16.5. The number of carbonyl (C=O) groups is 1. The molecule has 1 amide bonds. The molecule has 4 rings (SSSR count). The maximum Gasteiger partial charge on any atom is 0.297 e. The van der Waals surface area contributed by atoms with Gasteiger partial charge in [0.05, 0.1) is 21.4 Å². The summed E-state index contributed by atoms with van der Waals surface area (Å²) >= 11 is 12.0. The van der Waals surface area contributed by atoms with E-state index in [1.165, 1.54) is 19.1 Å². The fourth-order valence-electron chi connectivity index (χ4n) is 3.44. The Hall–Kier alpha value is -1.94. The van der Waals surface area contributed by atoms with E-state index in [0.717, 1.165) is 17.1 Å². The number of azo groups is 1. The smallest absolute Gasteiger partial charge is 0.282 e. The summed E-state index contributed by atoms with van der Waals surface area (Å²) in [6.07, 6.45) is 0. The van der Waals surface area contributed by atoms with Crippen LogP contribution in [0.3, 0.4) is 0 Å². The largest absolute Gasteiger partial charge is 0.297 e. The van der Waals surface area contributed by atoms with Crippen molar-refractivity contribution in [3.05, 3.63) is 58.6 Å². The Bertz CT molecular complexity index is 1680. The molecule has 1 aliphatic rings. The van der Waals surface area contributed by atoms with Gasteiger partial charge in [0, 0.05) is 34.9 Å². The monoisotopic (exact) mass is 579 g/mol. The van der Waals surface area contributed by atoms with Gasteiger partial charge in [0.15, 0.2) is 6.04 Å². The Morgan fingerprint density at radius 2 is 1.64 bits per heavy atom. The van der Waals surface area contributed by atoms with Crippen LogP contribution in [0.1, 0.15) is 6.92 Å². The maximum atomic E-state index is 13.0. The summed E-state index contributed by atoms with van der Waals surface area (Å²) in [5.41, 5.74) is -0.0988. The van der Waals surface area contributed by atoms with Crippen molar-refractivity contribution < 1.29 is 30.7 Å². The van der Waals surface area contributed by atoms with Crippen LogP contribution in [0, 0.1) is 0 Å². The van der Waals surface area contributed by atoms with E-state index >= 15 is 0 Å². The Morgan fingerprint density at radius 1 is 0.972 bits per heavy atom. The summed E-state index contributed by atoms with van der Waals surface area (Å²) in [6, 6.07) is 10.0. The van der Waals surface area contributed by atoms with Crippen molar-refractivity contribution in [3.63, 3.8) is 0 Å². The number of amides is 1. The van der Waals surface area contributed by atoms with Gasteiger partial charge in [0.1, 0.15) is 15.5 Å². The molecule has 1 atom stereocenters. The number of halogens is 2. The molecule has 36 heavy (non-hydrogen) atoms. The van der Waals surface area contributed by atoms with Gasteiger partial charge in [0.25, 0.3) is 26.1 Å². The second-order valence-electron chi connectivity index (χ2n) is 7.33. The summed E-state index contributed by atoms with van der Waals surface area (Å²) in [5.74, 6) is -0.738. The first-order valence-corrected chi connectivity index (χ1v) is 13.2. The van der Waals surface area contributed by atoms with Crippen molar-refractivity contribution in [3.8, 4) is 0 Å². The zero-order valence-electron chi connectivity index (χ0n) is 18.5. The van der Waals surface area contributed by atoms with E-state index in [1.54, 1.807) is 24.3 Å². The Balaban J connectivity index is 0.00000361. The quantitative estimate of drug-likeness (QED) is 0.260. The molecule has 1 unspecified atom stereocenters. The molecule has 183 valence electrons. The van der Waals surface area contributed by atoms with Crippen LogP contribution in [0.4, 0.5) is 11.4 Å². The van der Waals surface area contributed by atoms with E-state index in [0.29, 0.717) is 5.39 Å². The number of anilines is 1. The second kappa shape index (κ2) is 10.4. The third kappa shape index (κ3) is 5.49. The van der Waals surface area contributed by atoms with Gasteiger partial charge >= 0.3 is 0 Å². The number of benzene rings is 3. The van der Waals surface area contributed by atoms with E-state index in [-0.39, 0.29) is 57.1 Å². The van der Waals surface area contributed by atoms with Crippen molar-refractivity contribution in [1.82, 2.24) is 0 Å². The number of hydrazone groups is 1. The Labute approximate surface area is 237 Å². The standard InChI is InChI=1S/C20H14Cl2N4O7S2.Na/c1-10-18(20(27)26(25-10)16-8-14(22)17(9-13(16)21)34(28,29)30)24-23-15-7-6-11-4-2-3-5-12(11)19(15)35(31,32)33;/h2-9,18H,1H3,(H,28,29,30)(H,31,32,33);. The van der Waals surface area contributed by atoms with Gasteiger partial charge in [-0.15, -0.1) is 0 Å². The number of rotatable bonds is 5. The van der Waals surface area contributed by atoms with Gasteiger partial charge in [-0.25, -0.2) is 0 Å². The predicted octanol–water partition coefficient (Wildman–Crippen LogP) is 4.13. The van der Waals surface area contributed by atoms with Gasteiger partial charge < -0.3 is 0 Å². The van der Waals surface area contributed by atoms with Crippen molar-refractivity contribution in [2.75, 3.05) is 5.01 Å². The first-order chi connectivity index (χ1) is 16.3. The van der Waals surface area contributed by atoms with E-state index < -0.39 is 47.0 Å². The minimum Gasteiger partial charge on any atom is -0.282 e. The van der Waals surface area contributed by atoms with Gasteiger partial charge in [-0.05, 0) is 30.5 Å². The Morgan fingerprint density at radius 3 is 2.28 bits per heavy atom. The van der Waals surface area contributed by atoms with Crippen LogP contribution in [0.5, 0.6) is 0 Å². The molecule has 1 heterocycles. The summed E-state index contributed by atoms with van der Waals surface area (Å²) in [7, 11) is -9.36. The van der Waals surface area contributed by atoms with Crippen LogP contribution in [-0.2, 0) is 25.0 Å². The average molecular weight is 580 g/mol. The van der Waals surface area contributed by atoms with Crippen molar-refractivity contribution >= 4 is 107 Å². The summed E-state index contributed by atoms with van der Waals surface area (Å²) < 4.78 is 66.0. The second-order valence-corrected chi connectivity index (χ2v) is 10.9. The molecule has 2 N–H and O–H groups in total. The first-order valence-electron chi connectivity index (χ1n) is 9.54. The van der Waals surface area contributed by atoms with Gasteiger partial charge in [-0.3, -0.25) is 13.9 Å². The molecule has 1 aliphatic heterocycles. The molecule has 0 spiro atoms. The molecular weight excluding hydrogens is 566 g/mol. The van der Waals surface area contributed by atoms with Gasteiger partial charge in [-0.1, -0.05) is 53.5 Å². The molecular formula is C20H14Cl2N4NaO7S2. The fourth-order valence-corrected chi connectivity index (χ4v) is 5.61. The summed E-state index contributed by atoms with van der Waals surface area (Å²) in [5, 5.41) is 12.9. The first kappa shape index (κ1) is 28.6. The number of hydrogen-bond acceptors (Lipinski definition) is 8. The number of carbonyl (C=O) groups excluding carboxylic acids is 1. The molecule has 3 aromatic rings. The molecule has 0 aromatic heterocycles. The molecule has 3 aromatic carbocycles. The van der Waals surface area contributed by atoms with Crippen molar-refractivity contribution in [2.45, 2.75) is 22.8 Å². The molecule has 1 radical (unpaired) electrons. The predicted molar refractivity (Wildman–Crippen MR) is 135 cm³/mol. The third-order valence-electron chi connectivity index (χ3n) is 5.00. The molecule has 11 nitrogen and oxygen atoms in total. The SMILES string of the molecule is CC1=NN(c2cc(Cl)c(S(=O)(=O)O)cc2Cl)C(=O)C1N=Nc1ccc2ccccc2c1S(=O)(=O)O.[Na]. The average Bonchev–Trinajstić information content (AvgIpc) is 3.04. The zero-order chi connectivity index (χ0) is 25.7. The number of nitrogens with zero attached hydrogens (tertiary/aromatic N) is 4. The summed E-state index contributed by atoms with van der Waals surface area (Å²) in [4.78, 5) is 11.9. The number of fused-ring (bicyclic) bond motifs is 1. The van der Waals surface area contributed by atoms with E-state index in [2.05, 4.69) is 15.3 Å². The molecule has 16 heteroatoms. The van der Waals surface area contributed by atoms with Crippen molar-refractivity contribution in [1.29, 1.82) is 0 Å². The maximum absolute atomic E-state index is 13.0. The third-order valence-corrected chi connectivity index (χ3v) is 7.57. The zero-order valence-corrected chi connectivity index (χ0v) is 23.6. The van der Waals surface area contributed by atoms with E-state index in [9.17, 15) is 30.7 Å². The van der Waals surface area contributed by atoms with Crippen LogP contribution in [0.15, 0.2) is 73.7 Å². The van der Waals surface area contributed by atoms with Crippen LogP contribution >= 0.6 is 23.2 Å². The molecule has 0 saturated carbocycles. The number of hydrogen-bond donors (Lipinski definition) is 2. The van der Waals surface area contributed by atoms with Gasteiger partial charge in [0.2, 0.25) is 0 Å². The van der Waals surface area contributed by atoms with Crippen LogP contribution < -0.4 is 5.01 Å². The van der Waals surface area contributed by atoms with Crippen LogP contribution in [0.25, 0.3) is 10.8 Å². The molecule has 0 aliphatic carbocycles. The molecule has 0 saturated heterocycles. The molecule has 0 bridgehead atoms. The molecule has 0 fully saturated rings. The van der Waals surface area contributed by atoms with Crippen LogP contribution in [0.2, 0.25) is 10.0 Å². The van der Waals surface area contributed by atoms with Gasteiger partial charge in [-0.2, -0.15) is 37.2 Å². The minimum atomic E-state index is -4.69. The van der Waals surface area contributed by atoms with E-state index in [1.807, 2.05) is 0 Å². The minimum absolute atomic E-state index is 0. The van der Waals surface area contributed by atoms with Crippen LogP contribution in [-0.4, -0.2) is 73.2 Å².